The number of carbonyl (C=O) groups is 2. The van der Waals surface area contributed by atoms with Crippen LogP contribution in [-0.4, -0.2) is 47.3 Å². The van der Waals surface area contributed by atoms with Gasteiger partial charge in [0, 0.05) is 22.0 Å². The summed E-state index contributed by atoms with van der Waals surface area (Å²) in [5.74, 6) is -1.85. The Balaban J connectivity index is 1.89. The molecule has 1 N–H and O–H groups in total. The second kappa shape index (κ2) is 10.3. The molecule has 194 valence electrons. The average Bonchev–Trinajstić information content (AvgIpc) is 3.66. The molecule has 2 aromatic carbocycles. The van der Waals surface area contributed by atoms with Crippen molar-refractivity contribution in [1.82, 2.24) is 4.90 Å². The molecular weight excluding hydrogens is 521 g/mol. The van der Waals surface area contributed by atoms with Crippen molar-refractivity contribution in [2.45, 2.75) is 69.2 Å². The molecule has 0 spiro atoms. The van der Waals surface area contributed by atoms with Crippen LogP contribution in [0.15, 0.2) is 48.5 Å². The van der Waals surface area contributed by atoms with E-state index in [2.05, 4.69) is 0 Å². The molecule has 2 fully saturated rings. The monoisotopic (exact) mass is 551 g/mol. The highest BCUT2D eigenvalue weighted by molar-refractivity contribution is 7.92. The second-order valence-corrected chi connectivity index (χ2v) is 13.5. The molecule has 36 heavy (non-hydrogen) atoms. The fourth-order valence-electron chi connectivity index (χ4n) is 5.51. The van der Waals surface area contributed by atoms with Gasteiger partial charge in [0.1, 0.15) is 0 Å². The molecule has 1 aliphatic carbocycles. The number of amides is 1. The van der Waals surface area contributed by atoms with E-state index in [1.165, 1.54) is 0 Å². The van der Waals surface area contributed by atoms with Gasteiger partial charge in [-0.05, 0) is 61.1 Å². The molecule has 9 heteroatoms. The Bertz CT molecular complexity index is 1250. The summed E-state index contributed by atoms with van der Waals surface area (Å²) in [7, 11) is -3.39. The number of hydrogen-bond acceptors (Lipinski definition) is 4. The summed E-state index contributed by atoms with van der Waals surface area (Å²) < 4.78 is 26.1. The van der Waals surface area contributed by atoms with Crippen LogP contribution >= 0.6 is 23.2 Å². The fraction of sp³-hybridized carbons (Fsp3) is 0.481. The smallest absolute Gasteiger partial charge is 0.304 e. The van der Waals surface area contributed by atoms with Gasteiger partial charge in [-0.3, -0.25) is 9.59 Å². The van der Waals surface area contributed by atoms with Crippen LogP contribution in [0.5, 0.6) is 0 Å². The van der Waals surface area contributed by atoms with Crippen molar-refractivity contribution in [1.29, 1.82) is 0 Å². The van der Waals surface area contributed by atoms with E-state index < -0.39 is 33.3 Å². The molecule has 0 unspecified atom stereocenters. The molecule has 1 aliphatic heterocycles. The number of piperidine rings is 1. The van der Waals surface area contributed by atoms with Crippen LogP contribution in [0.2, 0.25) is 10.0 Å². The number of halogens is 2. The predicted octanol–water partition coefficient (Wildman–Crippen LogP) is 5.89. The summed E-state index contributed by atoms with van der Waals surface area (Å²) in [5, 5.41) is 10.4. The standard InChI is InChI=1S/C27H31Cl2NO5S/c1-3-21(16-36(34,35)22-11-12-22)30-25(17-7-9-19(28)10-8-17)23(18-5-4-6-20(29)13-18)14-27(2,26(30)33)15-24(31)32/h4-10,13,21-23,25H,3,11-12,14-16H2,1-2H3,(H,31,32)/t21-,23+,25+,27+/m0/s1. The normalized spacial score (nSPS) is 25.6. The van der Waals surface area contributed by atoms with Crippen molar-refractivity contribution >= 4 is 44.9 Å². The Labute approximate surface area is 222 Å². The first-order valence-corrected chi connectivity index (χ1v) is 14.7. The van der Waals surface area contributed by atoms with E-state index in [0.717, 1.165) is 11.1 Å². The minimum absolute atomic E-state index is 0.143. The number of carboxylic acids is 1. The zero-order valence-corrected chi connectivity index (χ0v) is 22.7. The highest BCUT2D eigenvalue weighted by atomic mass is 35.5. The van der Waals surface area contributed by atoms with Gasteiger partial charge in [-0.25, -0.2) is 8.42 Å². The molecule has 1 saturated carbocycles. The lowest BCUT2D eigenvalue weighted by Crippen LogP contribution is -2.57. The van der Waals surface area contributed by atoms with Crippen molar-refractivity contribution in [3.05, 3.63) is 69.7 Å². The lowest BCUT2D eigenvalue weighted by atomic mass is 9.67. The third kappa shape index (κ3) is 5.58. The van der Waals surface area contributed by atoms with Crippen LogP contribution in [0.4, 0.5) is 0 Å². The number of sulfone groups is 1. The van der Waals surface area contributed by atoms with Crippen molar-refractivity contribution in [2.75, 3.05) is 5.75 Å². The van der Waals surface area contributed by atoms with Crippen molar-refractivity contribution in [3.63, 3.8) is 0 Å². The molecule has 0 aromatic heterocycles. The van der Waals surface area contributed by atoms with Crippen LogP contribution < -0.4 is 0 Å². The molecule has 4 atom stereocenters. The molecule has 1 heterocycles. The van der Waals surface area contributed by atoms with Gasteiger partial charge in [0.05, 0.1) is 28.9 Å². The zero-order chi connectivity index (χ0) is 26.3. The van der Waals surface area contributed by atoms with Crippen molar-refractivity contribution in [2.24, 2.45) is 5.41 Å². The Kier molecular flexibility index (Phi) is 7.75. The summed E-state index contributed by atoms with van der Waals surface area (Å²) >= 11 is 12.5. The minimum Gasteiger partial charge on any atom is -0.481 e. The first-order valence-electron chi connectivity index (χ1n) is 12.2. The number of benzene rings is 2. The maximum Gasteiger partial charge on any atom is 0.304 e. The number of hydrogen-bond donors (Lipinski definition) is 1. The van der Waals surface area contributed by atoms with Gasteiger partial charge in [0.15, 0.2) is 9.84 Å². The molecule has 1 amide bonds. The Morgan fingerprint density at radius 1 is 1.11 bits per heavy atom. The second-order valence-electron chi connectivity index (χ2n) is 10.3. The SMILES string of the molecule is CC[C@@H](CS(=O)(=O)C1CC1)N1C(=O)[C@@](C)(CC(=O)O)C[C@H](c2cccc(Cl)c2)[C@H]1c1ccc(Cl)cc1. The summed E-state index contributed by atoms with van der Waals surface area (Å²) in [6, 6.07) is 13.5. The number of aliphatic carboxylic acids is 1. The van der Waals surface area contributed by atoms with Crippen LogP contribution in [-0.2, 0) is 19.4 Å². The van der Waals surface area contributed by atoms with Crippen LogP contribution in [0.25, 0.3) is 0 Å². The first-order chi connectivity index (χ1) is 16.9. The molecule has 0 radical (unpaired) electrons. The highest BCUT2D eigenvalue weighted by Crippen LogP contribution is 2.52. The maximum atomic E-state index is 14.2. The number of rotatable bonds is 9. The minimum atomic E-state index is -3.39. The van der Waals surface area contributed by atoms with Crippen LogP contribution in [0, 0.1) is 5.41 Å². The average molecular weight is 553 g/mol. The van der Waals surface area contributed by atoms with E-state index in [9.17, 15) is 23.1 Å². The highest BCUT2D eigenvalue weighted by Gasteiger charge is 2.53. The van der Waals surface area contributed by atoms with E-state index in [0.29, 0.717) is 29.3 Å². The lowest BCUT2D eigenvalue weighted by Gasteiger charge is -2.51. The van der Waals surface area contributed by atoms with E-state index >= 15 is 0 Å². The number of nitrogens with zero attached hydrogens (tertiary/aromatic N) is 1. The van der Waals surface area contributed by atoms with E-state index in [-0.39, 0.29) is 35.7 Å². The van der Waals surface area contributed by atoms with Gasteiger partial charge in [0.25, 0.3) is 0 Å². The van der Waals surface area contributed by atoms with Crippen LogP contribution in [0.1, 0.15) is 69.0 Å². The first kappa shape index (κ1) is 27.0. The molecule has 1 saturated heterocycles. The van der Waals surface area contributed by atoms with Crippen molar-refractivity contribution < 1.29 is 23.1 Å². The molecule has 6 nitrogen and oxygen atoms in total. The number of carbonyl (C=O) groups excluding carboxylic acids is 1. The maximum absolute atomic E-state index is 14.2. The van der Waals surface area contributed by atoms with Gasteiger partial charge >= 0.3 is 5.97 Å². The molecule has 2 aliphatic rings. The van der Waals surface area contributed by atoms with Crippen LogP contribution in [0.3, 0.4) is 0 Å². The molecule has 0 bridgehead atoms. The van der Waals surface area contributed by atoms with Gasteiger partial charge in [-0.15, -0.1) is 0 Å². The largest absolute Gasteiger partial charge is 0.481 e. The number of likely N-dealkylation sites (tertiary alicyclic amines) is 1. The third-order valence-corrected chi connectivity index (χ3v) is 10.3. The molecule has 4 rings (SSSR count). The van der Waals surface area contributed by atoms with Gasteiger partial charge in [0.2, 0.25) is 5.91 Å². The Morgan fingerprint density at radius 2 is 1.78 bits per heavy atom. The van der Waals surface area contributed by atoms with Gasteiger partial charge in [-0.2, -0.15) is 0 Å². The summed E-state index contributed by atoms with van der Waals surface area (Å²) in [5.41, 5.74) is 0.479. The van der Waals surface area contributed by atoms with Gasteiger partial charge in [-0.1, -0.05) is 61.3 Å². The summed E-state index contributed by atoms with van der Waals surface area (Å²) in [4.78, 5) is 27.7. The van der Waals surface area contributed by atoms with Crippen molar-refractivity contribution in [3.8, 4) is 0 Å². The van der Waals surface area contributed by atoms with E-state index in [1.807, 2.05) is 37.3 Å². The lowest BCUT2D eigenvalue weighted by molar-refractivity contribution is -0.160. The fourth-order valence-corrected chi connectivity index (χ4v) is 7.89. The predicted molar refractivity (Wildman–Crippen MR) is 141 cm³/mol. The molecule has 2 aromatic rings. The Morgan fingerprint density at radius 3 is 2.33 bits per heavy atom. The number of carboxylic acid groups (broad SMARTS) is 1. The third-order valence-electron chi connectivity index (χ3n) is 7.45. The molecular formula is C27H31Cl2NO5S. The topological polar surface area (TPSA) is 91.8 Å². The zero-order valence-electron chi connectivity index (χ0n) is 20.4. The van der Waals surface area contributed by atoms with E-state index in [4.69, 9.17) is 23.2 Å². The summed E-state index contributed by atoms with van der Waals surface area (Å²) in [6.07, 6.45) is 1.66. The summed E-state index contributed by atoms with van der Waals surface area (Å²) in [6.45, 7) is 3.55. The van der Waals surface area contributed by atoms with Gasteiger partial charge < -0.3 is 10.0 Å². The Hall–Kier alpha value is -2.09. The van der Waals surface area contributed by atoms with E-state index in [1.54, 1.807) is 30.0 Å². The quantitative estimate of drug-likeness (QED) is 0.419.